The molecule has 1 unspecified atom stereocenters. The molecule has 1 heteroatoms. The highest BCUT2D eigenvalue weighted by Gasteiger charge is 2.28. The molecule has 1 nitrogen and oxygen atoms in total. The van der Waals surface area contributed by atoms with Gasteiger partial charge in [-0.15, -0.1) is 0 Å². The van der Waals surface area contributed by atoms with Crippen molar-refractivity contribution >= 4 is 0 Å². The predicted octanol–water partition coefficient (Wildman–Crippen LogP) is 5.54. The SMILES string of the molecule is CCCNC(C(CCC)CCC)C1CCCCCC1. The highest BCUT2D eigenvalue weighted by atomic mass is 14.9. The molecule has 1 aliphatic carbocycles. The Hall–Kier alpha value is -0.0400. The summed E-state index contributed by atoms with van der Waals surface area (Å²) < 4.78 is 0. The van der Waals surface area contributed by atoms with Crippen LogP contribution < -0.4 is 5.32 Å². The molecule has 0 spiro atoms. The fraction of sp³-hybridized carbons (Fsp3) is 1.00. The van der Waals surface area contributed by atoms with Gasteiger partial charge in [0, 0.05) is 6.04 Å². The monoisotopic (exact) mass is 267 g/mol. The molecule has 1 fully saturated rings. The summed E-state index contributed by atoms with van der Waals surface area (Å²) in [5.74, 6) is 1.88. The van der Waals surface area contributed by atoms with Gasteiger partial charge in [-0.25, -0.2) is 0 Å². The van der Waals surface area contributed by atoms with Crippen LogP contribution in [0.25, 0.3) is 0 Å². The van der Waals surface area contributed by atoms with Crippen LogP contribution in [0.2, 0.25) is 0 Å². The molecule has 0 aromatic carbocycles. The molecule has 1 N–H and O–H groups in total. The molecule has 1 atom stereocenters. The van der Waals surface area contributed by atoms with E-state index in [1.807, 2.05) is 0 Å². The van der Waals surface area contributed by atoms with Gasteiger partial charge >= 0.3 is 0 Å². The first-order valence-corrected chi connectivity index (χ1v) is 9.06. The van der Waals surface area contributed by atoms with E-state index in [0.717, 1.165) is 17.9 Å². The summed E-state index contributed by atoms with van der Waals surface area (Å²) in [5, 5.41) is 3.94. The highest BCUT2D eigenvalue weighted by Crippen LogP contribution is 2.32. The number of hydrogen-bond acceptors (Lipinski definition) is 1. The van der Waals surface area contributed by atoms with Gasteiger partial charge in [-0.1, -0.05) is 59.3 Å². The Morgan fingerprint density at radius 1 is 0.842 bits per heavy atom. The summed E-state index contributed by atoms with van der Waals surface area (Å²) in [6.07, 6.45) is 15.7. The lowest BCUT2D eigenvalue weighted by molar-refractivity contribution is 0.214. The quantitative estimate of drug-likeness (QED) is 0.541. The van der Waals surface area contributed by atoms with Crippen molar-refractivity contribution in [3.05, 3.63) is 0 Å². The fourth-order valence-electron chi connectivity index (χ4n) is 3.94. The Kier molecular flexibility index (Phi) is 9.59. The van der Waals surface area contributed by atoms with Crippen LogP contribution in [0.1, 0.15) is 91.4 Å². The van der Waals surface area contributed by atoms with E-state index in [-0.39, 0.29) is 0 Å². The zero-order chi connectivity index (χ0) is 13.9. The Labute approximate surface area is 121 Å². The summed E-state index contributed by atoms with van der Waals surface area (Å²) in [5.41, 5.74) is 0. The Morgan fingerprint density at radius 2 is 1.42 bits per heavy atom. The van der Waals surface area contributed by atoms with Crippen molar-refractivity contribution in [2.24, 2.45) is 11.8 Å². The average molecular weight is 268 g/mol. The van der Waals surface area contributed by atoms with Gasteiger partial charge < -0.3 is 5.32 Å². The largest absolute Gasteiger partial charge is 0.313 e. The molecule has 0 aromatic rings. The zero-order valence-electron chi connectivity index (χ0n) is 13.7. The van der Waals surface area contributed by atoms with Gasteiger partial charge in [0.25, 0.3) is 0 Å². The summed E-state index contributed by atoms with van der Waals surface area (Å²) >= 11 is 0. The summed E-state index contributed by atoms with van der Waals surface area (Å²) in [6, 6.07) is 0.804. The van der Waals surface area contributed by atoms with Crippen molar-refractivity contribution in [2.45, 2.75) is 97.4 Å². The van der Waals surface area contributed by atoms with Crippen LogP contribution in [0.5, 0.6) is 0 Å². The van der Waals surface area contributed by atoms with Crippen molar-refractivity contribution in [2.75, 3.05) is 6.54 Å². The third-order valence-corrected chi connectivity index (χ3v) is 4.86. The summed E-state index contributed by atoms with van der Waals surface area (Å²) in [6.45, 7) is 8.22. The maximum absolute atomic E-state index is 3.94. The molecule has 0 bridgehead atoms. The molecule has 0 amide bonds. The standard InChI is InChI=1S/C18H37N/c1-4-11-16(12-5-2)18(19-15-6-3)17-13-9-7-8-10-14-17/h16-19H,4-15H2,1-3H3. The fourth-order valence-corrected chi connectivity index (χ4v) is 3.94. The Morgan fingerprint density at radius 3 is 1.89 bits per heavy atom. The third kappa shape index (κ3) is 6.29. The molecule has 19 heavy (non-hydrogen) atoms. The first-order valence-electron chi connectivity index (χ1n) is 9.06. The number of hydrogen-bond donors (Lipinski definition) is 1. The highest BCUT2D eigenvalue weighted by molar-refractivity contribution is 4.84. The average Bonchev–Trinajstić information content (AvgIpc) is 2.69. The minimum Gasteiger partial charge on any atom is -0.313 e. The van der Waals surface area contributed by atoms with Crippen LogP contribution in [0.4, 0.5) is 0 Å². The molecule has 0 aliphatic heterocycles. The van der Waals surface area contributed by atoms with Crippen LogP contribution >= 0.6 is 0 Å². The molecule has 0 saturated heterocycles. The summed E-state index contributed by atoms with van der Waals surface area (Å²) in [4.78, 5) is 0. The van der Waals surface area contributed by atoms with E-state index in [2.05, 4.69) is 26.1 Å². The second-order valence-electron chi connectivity index (χ2n) is 6.57. The number of rotatable bonds is 9. The van der Waals surface area contributed by atoms with Crippen molar-refractivity contribution < 1.29 is 0 Å². The van der Waals surface area contributed by atoms with Gasteiger partial charge in [0.2, 0.25) is 0 Å². The first-order chi connectivity index (χ1) is 9.33. The van der Waals surface area contributed by atoms with E-state index in [1.54, 1.807) is 0 Å². The molecule has 0 aromatic heterocycles. The van der Waals surface area contributed by atoms with Crippen molar-refractivity contribution in [3.63, 3.8) is 0 Å². The van der Waals surface area contributed by atoms with Gasteiger partial charge in [0.1, 0.15) is 0 Å². The second kappa shape index (κ2) is 10.7. The lowest BCUT2D eigenvalue weighted by Gasteiger charge is -2.34. The van der Waals surface area contributed by atoms with E-state index in [4.69, 9.17) is 0 Å². The van der Waals surface area contributed by atoms with Gasteiger partial charge in [-0.3, -0.25) is 0 Å². The molecule has 1 saturated carbocycles. The smallest absolute Gasteiger partial charge is 0.0124 e. The van der Waals surface area contributed by atoms with Crippen LogP contribution in [-0.2, 0) is 0 Å². The normalized spacial score (nSPS) is 19.6. The molecule has 1 aliphatic rings. The first kappa shape index (κ1) is 17.0. The lowest BCUT2D eigenvalue weighted by Crippen LogP contribution is -2.42. The van der Waals surface area contributed by atoms with E-state index < -0.39 is 0 Å². The second-order valence-corrected chi connectivity index (χ2v) is 6.57. The minimum atomic E-state index is 0.804. The molecule has 114 valence electrons. The van der Waals surface area contributed by atoms with Crippen molar-refractivity contribution in [1.29, 1.82) is 0 Å². The minimum absolute atomic E-state index is 0.804. The molecular weight excluding hydrogens is 230 g/mol. The Bertz CT molecular complexity index is 186. The van der Waals surface area contributed by atoms with Crippen LogP contribution in [-0.4, -0.2) is 12.6 Å². The molecule has 1 rings (SSSR count). The molecule has 0 heterocycles. The van der Waals surface area contributed by atoms with Crippen molar-refractivity contribution in [1.82, 2.24) is 5.32 Å². The zero-order valence-corrected chi connectivity index (χ0v) is 13.7. The van der Waals surface area contributed by atoms with E-state index in [1.165, 1.54) is 77.2 Å². The van der Waals surface area contributed by atoms with Gasteiger partial charge in [0.05, 0.1) is 0 Å². The van der Waals surface area contributed by atoms with E-state index in [0.29, 0.717) is 0 Å². The van der Waals surface area contributed by atoms with Crippen LogP contribution in [0.3, 0.4) is 0 Å². The predicted molar refractivity (Wildman–Crippen MR) is 86.6 cm³/mol. The lowest BCUT2D eigenvalue weighted by atomic mass is 9.79. The van der Waals surface area contributed by atoms with E-state index in [9.17, 15) is 0 Å². The maximum atomic E-state index is 3.94. The maximum Gasteiger partial charge on any atom is 0.0124 e. The topological polar surface area (TPSA) is 12.0 Å². The van der Waals surface area contributed by atoms with E-state index >= 15 is 0 Å². The third-order valence-electron chi connectivity index (χ3n) is 4.86. The van der Waals surface area contributed by atoms with Crippen LogP contribution in [0, 0.1) is 11.8 Å². The van der Waals surface area contributed by atoms with Gasteiger partial charge in [-0.2, -0.15) is 0 Å². The van der Waals surface area contributed by atoms with Gasteiger partial charge in [-0.05, 0) is 50.5 Å². The number of nitrogens with one attached hydrogen (secondary N) is 1. The molecule has 0 radical (unpaired) electrons. The van der Waals surface area contributed by atoms with Gasteiger partial charge in [0.15, 0.2) is 0 Å². The summed E-state index contributed by atoms with van der Waals surface area (Å²) in [7, 11) is 0. The molecular formula is C18H37N. The van der Waals surface area contributed by atoms with Crippen molar-refractivity contribution in [3.8, 4) is 0 Å². The Balaban J connectivity index is 2.64. The van der Waals surface area contributed by atoms with Crippen LogP contribution in [0.15, 0.2) is 0 Å².